The molecule has 1 saturated heterocycles. The first kappa shape index (κ1) is 20.2. The molecule has 28 heavy (non-hydrogen) atoms. The summed E-state index contributed by atoms with van der Waals surface area (Å²) in [6.45, 7) is 10.4. The highest BCUT2D eigenvalue weighted by atomic mass is 16.5. The highest BCUT2D eigenvalue weighted by Crippen LogP contribution is 2.24. The van der Waals surface area contributed by atoms with Crippen LogP contribution in [0, 0.1) is 12.8 Å². The predicted octanol–water partition coefficient (Wildman–Crippen LogP) is 4.88. The lowest BCUT2D eigenvalue weighted by Gasteiger charge is -2.32. The van der Waals surface area contributed by atoms with Crippen LogP contribution in [0.15, 0.2) is 48.5 Å². The van der Waals surface area contributed by atoms with E-state index in [1.807, 2.05) is 38.1 Å². The number of nitrogens with zero attached hydrogens (tertiary/aromatic N) is 1. The highest BCUT2D eigenvalue weighted by molar-refractivity contribution is 5.81. The van der Waals surface area contributed by atoms with Crippen LogP contribution < -0.4 is 15.0 Å². The number of nitrogens with one attached hydrogen (secondary N) is 1. The molecule has 0 spiro atoms. The quantitative estimate of drug-likeness (QED) is 0.777. The third kappa shape index (κ3) is 5.28. The number of hydrogen-bond acceptors (Lipinski definition) is 3. The lowest BCUT2D eigenvalue weighted by atomic mass is 9.98. The molecule has 1 N–H and O–H groups in total. The molecule has 2 atom stereocenters. The van der Waals surface area contributed by atoms with Gasteiger partial charge in [-0.05, 0) is 69.4 Å². The van der Waals surface area contributed by atoms with Crippen LogP contribution in [0.4, 0.5) is 5.69 Å². The van der Waals surface area contributed by atoms with Crippen molar-refractivity contribution in [3.05, 3.63) is 59.7 Å². The van der Waals surface area contributed by atoms with Gasteiger partial charge in [0.25, 0.3) is 5.91 Å². The first-order valence-corrected chi connectivity index (χ1v) is 10.3. The fourth-order valence-electron chi connectivity index (χ4n) is 3.53. The largest absolute Gasteiger partial charge is 0.481 e. The average Bonchev–Trinajstić information content (AvgIpc) is 2.70. The fraction of sp³-hybridized carbons (Fsp3) is 0.458. The van der Waals surface area contributed by atoms with E-state index in [4.69, 9.17) is 4.74 Å². The van der Waals surface area contributed by atoms with Crippen LogP contribution in [0.3, 0.4) is 0 Å². The molecule has 0 unspecified atom stereocenters. The number of hydrogen-bond donors (Lipinski definition) is 1. The zero-order valence-electron chi connectivity index (χ0n) is 17.4. The van der Waals surface area contributed by atoms with Gasteiger partial charge < -0.3 is 15.0 Å². The molecule has 1 amide bonds. The van der Waals surface area contributed by atoms with E-state index in [0.29, 0.717) is 5.75 Å². The van der Waals surface area contributed by atoms with Gasteiger partial charge in [-0.1, -0.05) is 36.8 Å². The van der Waals surface area contributed by atoms with Gasteiger partial charge >= 0.3 is 0 Å². The van der Waals surface area contributed by atoms with Crippen LogP contribution in [0.1, 0.15) is 50.8 Å². The molecule has 4 heteroatoms. The lowest BCUT2D eigenvalue weighted by molar-refractivity contribution is -0.127. The van der Waals surface area contributed by atoms with Crippen LogP contribution >= 0.6 is 0 Å². The molecule has 1 fully saturated rings. The first-order chi connectivity index (χ1) is 13.4. The second kappa shape index (κ2) is 9.13. The molecule has 1 heterocycles. The minimum Gasteiger partial charge on any atom is -0.481 e. The van der Waals surface area contributed by atoms with Gasteiger partial charge in [-0.25, -0.2) is 0 Å². The van der Waals surface area contributed by atoms with Crippen molar-refractivity contribution in [2.45, 2.75) is 52.7 Å². The van der Waals surface area contributed by atoms with Gasteiger partial charge in [-0.15, -0.1) is 0 Å². The van der Waals surface area contributed by atoms with Crippen LogP contribution in [-0.2, 0) is 4.79 Å². The number of piperidine rings is 1. The fourth-order valence-corrected chi connectivity index (χ4v) is 3.53. The van der Waals surface area contributed by atoms with E-state index in [-0.39, 0.29) is 11.9 Å². The summed E-state index contributed by atoms with van der Waals surface area (Å²) in [5.41, 5.74) is 3.54. The molecule has 0 aliphatic carbocycles. The maximum absolute atomic E-state index is 12.5. The number of carbonyl (C=O) groups is 1. The van der Waals surface area contributed by atoms with Gasteiger partial charge in [0.05, 0.1) is 6.04 Å². The van der Waals surface area contributed by atoms with Crippen molar-refractivity contribution < 1.29 is 9.53 Å². The molecule has 150 valence electrons. The number of aryl methyl sites for hydroxylation is 1. The summed E-state index contributed by atoms with van der Waals surface area (Å²) in [6.07, 6.45) is 1.97. The van der Waals surface area contributed by atoms with Crippen molar-refractivity contribution in [2.24, 2.45) is 5.92 Å². The van der Waals surface area contributed by atoms with Crippen LogP contribution in [0.5, 0.6) is 5.75 Å². The summed E-state index contributed by atoms with van der Waals surface area (Å²) >= 11 is 0. The van der Waals surface area contributed by atoms with Gasteiger partial charge in [0.1, 0.15) is 5.75 Å². The molecule has 0 bridgehead atoms. The second-order valence-corrected chi connectivity index (χ2v) is 8.06. The minimum absolute atomic E-state index is 0.0630. The number of ether oxygens (including phenoxy) is 1. The maximum atomic E-state index is 12.5. The number of carbonyl (C=O) groups excluding carboxylic acids is 1. The van der Waals surface area contributed by atoms with Gasteiger partial charge in [-0.2, -0.15) is 0 Å². The summed E-state index contributed by atoms with van der Waals surface area (Å²) < 4.78 is 5.76. The van der Waals surface area contributed by atoms with E-state index >= 15 is 0 Å². The maximum Gasteiger partial charge on any atom is 0.261 e. The Hall–Kier alpha value is -2.49. The van der Waals surface area contributed by atoms with E-state index in [1.165, 1.54) is 24.1 Å². The summed E-state index contributed by atoms with van der Waals surface area (Å²) in [5, 5.41) is 3.05. The van der Waals surface area contributed by atoms with Gasteiger partial charge in [0, 0.05) is 18.8 Å². The molecular formula is C24H32N2O2. The summed E-state index contributed by atoms with van der Waals surface area (Å²) in [6, 6.07) is 16.2. The molecule has 2 aromatic rings. The molecular weight excluding hydrogens is 348 g/mol. The molecule has 4 nitrogen and oxygen atoms in total. The number of amides is 1. The van der Waals surface area contributed by atoms with Crippen molar-refractivity contribution >= 4 is 11.6 Å². The van der Waals surface area contributed by atoms with E-state index in [9.17, 15) is 4.79 Å². The topological polar surface area (TPSA) is 41.6 Å². The Labute approximate surface area is 168 Å². The summed E-state index contributed by atoms with van der Waals surface area (Å²) in [7, 11) is 0. The zero-order valence-corrected chi connectivity index (χ0v) is 17.4. The van der Waals surface area contributed by atoms with Gasteiger partial charge in [-0.3, -0.25) is 4.79 Å². The molecule has 0 aromatic heterocycles. The van der Waals surface area contributed by atoms with E-state index in [2.05, 4.69) is 41.4 Å². The van der Waals surface area contributed by atoms with Gasteiger partial charge in [0.15, 0.2) is 6.10 Å². The number of benzene rings is 2. The SMILES string of the molecule is Cc1ccc(O[C@@H](C)C(=O)N[C@H](C)c2ccc(N3CCC(C)CC3)cc2)cc1. The highest BCUT2D eigenvalue weighted by Gasteiger charge is 2.19. The smallest absolute Gasteiger partial charge is 0.261 e. The Kier molecular flexibility index (Phi) is 6.61. The number of rotatable bonds is 6. The molecule has 3 rings (SSSR count). The van der Waals surface area contributed by atoms with Crippen molar-refractivity contribution in [3.8, 4) is 5.75 Å². The van der Waals surface area contributed by atoms with Crippen molar-refractivity contribution in [1.29, 1.82) is 0 Å². The van der Waals surface area contributed by atoms with Crippen LogP contribution in [-0.4, -0.2) is 25.1 Å². The Morgan fingerprint density at radius 3 is 2.25 bits per heavy atom. The monoisotopic (exact) mass is 380 g/mol. The van der Waals surface area contributed by atoms with Crippen LogP contribution in [0.2, 0.25) is 0 Å². The Morgan fingerprint density at radius 2 is 1.64 bits per heavy atom. The molecule has 0 saturated carbocycles. The predicted molar refractivity (Wildman–Crippen MR) is 115 cm³/mol. The Balaban J connectivity index is 1.53. The molecule has 1 aliphatic heterocycles. The third-order valence-corrected chi connectivity index (χ3v) is 5.60. The third-order valence-electron chi connectivity index (χ3n) is 5.60. The minimum atomic E-state index is -0.542. The zero-order chi connectivity index (χ0) is 20.1. The normalized spacial score (nSPS) is 17.1. The van der Waals surface area contributed by atoms with Crippen molar-refractivity contribution in [3.63, 3.8) is 0 Å². The van der Waals surface area contributed by atoms with E-state index in [0.717, 1.165) is 24.6 Å². The van der Waals surface area contributed by atoms with E-state index < -0.39 is 6.10 Å². The van der Waals surface area contributed by atoms with E-state index in [1.54, 1.807) is 6.92 Å². The van der Waals surface area contributed by atoms with Crippen molar-refractivity contribution in [2.75, 3.05) is 18.0 Å². The Bertz CT molecular complexity index is 762. The van der Waals surface area contributed by atoms with Crippen molar-refractivity contribution in [1.82, 2.24) is 5.32 Å². The first-order valence-electron chi connectivity index (χ1n) is 10.3. The molecule has 0 radical (unpaired) electrons. The standard InChI is InChI=1S/C24H32N2O2/c1-17-5-11-23(12-6-17)28-20(4)24(27)25-19(3)21-7-9-22(10-8-21)26-15-13-18(2)14-16-26/h5-12,18-20H,13-16H2,1-4H3,(H,25,27)/t19-,20+/m1/s1. The van der Waals surface area contributed by atoms with Crippen LogP contribution in [0.25, 0.3) is 0 Å². The second-order valence-electron chi connectivity index (χ2n) is 8.06. The summed E-state index contributed by atoms with van der Waals surface area (Å²) in [4.78, 5) is 14.9. The van der Waals surface area contributed by atoms with Gasteiger partial charge in [0.2, 0.25) is 0 Å². The summed E-state index contributed by atoms with van der Waals surface area (Å²) in [5.74, 6) is 1.43. The number of anilines is 1. The average molecular weight is 381 g/mol. The Morgan fingerprint density at radius 1 is 1.04 bits per heavy atom. The molecule has 1 aliphatic rings. The lowest BCUT2D eigenvalue weighted by Crippen LogP contribution is -2.37. The molecule has 2 aromatic carbocycles.